The molecule has 4 rings (SSSR count). The zero-order chi connectivity index (χ0) is 16.2. The van der Waals surface area contributed by atoms with Gasteiger partial charge in [-0.3, -0.25) is 14.8 Å². The Morgan fingerprint density at radius 3 is 2.83 bits per heavy atom. The van der Waals surface area contributed by atoms with Gasteiger partial charge in [-0.2, -0.15) is 0 Å². The molecule has 1 saturated carbocycles. The number of rotatable bonds is 3. The predicted octanol–water partition coefficient (Wildman–Crippen LogP) is 1.75. The van der Waals surface area contributed by atoms with E-state index in [1.54, 1.807) is 6.20 Å². The molecule has 0 radical (unpaired) electrons. The maximum Gasteiger partial charge on any atom is 0.224 e. The third-order valence-corrected chi connectivity index (χ3v) is 5.14. The Balaban J connectivity index is 1.64. The van der Waals surface area contributed by atoms with Gasteiger partial charge in [0.25, 0.3) is 0 Å². The smallest absolute Gasteiger partial charge is 0.224 e. The van der Waals surface area contributed by atoms with Crippen LogP contribution in [0.2, 0.25) is 0 Å². The van der Waals surface area contributed by atoms with Crippen LogP contribution in [0.4, 0.5) is 0 Å². The fourth-order valence-corrected chi connectivity index (χ4v) is 3.91. The number of nitrogens with one attached hydrogen (secondary N) is 2. The van der Waals surface area contributed by atoms with E-state index >= 15 is 0 Å². The maximum absolute atomic E-state index is 12.6. The number of carbonyl (C=O) groups excluding carboxylic acids is 1. The van der Waals surface area contributed by atoms with Crippen molar-refractivity contribution >= 4 is 16.8 Å². The van der Waals surface area contributed by atoms with Crippen molar-refractivity contribution < 1.29 is 4.79 Å². The fraction of sp³-hybridized carbons (Fsp3) is 0.500. The summed E-state index contributed by atoms with van der Waals surface area (Å²) in [5.41, 5.74) is 2.10. The van der Waals surface area contributed by atoms with Gasteiger partial charge in [0.2, 0.25) is 5.91 Å². The Labute approximate surface area is 135 Å². The summed E-state index contributed by atoms with van der Waals surface area (Å²) in [4.78, 5) is 21.8. The van der Waals surface area contributed by atoms with Crippen molar-refractivity contribution in [3.8, 4) is 0 Å². The van der Waals surface area contributed by atoms with E-state index in [0.29, 0.717) is 11.8 Å². The highest BCUT2D eigenvalue weighted by atomic mass is 16.2. The zero-order valence-corrected chi connectivity index (χ0v) is 13.8. The molecule has 2 aromatic rings. The lowest BCUT2D eigenvalue weighted by atomic mass is 9.96. The molecule has 5 nitrogen and oxygen atoms in total. The van der Waals surface area contributed by atoms with Crippen LogP contribution < -0.4 is 10.6 Å². The van der Waals surface area contributed by atoms with Gasteiger partial charge < -0.3 is 10.6 Å². The highest BCUT2D eigenvalue weighted by Crippen LogP contribution is 2.49. The van der Waals surface area contributed by atoms with E-state index in [1.807, 2.05) is 39.0 Å². The lowest BCUT2D eigenvalue weighted by molar-refractivity contribution is -0.124. The van der Waals surface area contributed by atoms with Crippen LogP contribution in [0.3, 0.4) is 0 Å². The minimum Gasteiger partial charge on any atom is -0.345 e. The molecule has 2 aliphatic rings. The number of nitrogens with zero attached hydrogens (tertiary/aromatic N) is 2. The number of hydrogen-bond donors (Lipinski definition) is 2. The summed E-state index contributed by atoms with van der Waals surface area (Å²) in [6.45, 7) is 7.94. The normalized spacial score (nSPS) is 26.1. The van der Waals surface area contributed by atoms with Gasteiger partial charge in [-0.15, -0.1) is 0 Å². The van der Waals surface area contributed by atoms with Crippen molar-refractivity contribution in [2.75, 3.05) is 13.1 Å². The average molecular weight is 310 g/mol. The van der Waals surface area contributed by atoms with E-state index in [2.05, 4.69) is 20.6 Å². The molecule has 3 atom stereocenters. The average Bonchev–Trinajstić information content (AvgIpc) is 2.99. The van der Waals surface area contributed by atoms with E-state index in [9.17, 15) is 4.79 Å². The highest BCUT2D eigenvalue weighted by molar-refractivity contribution is 5.85. The highest BCUT2D eigenvalue weighted by Gasteiger charge is 2.57. The molecule has 0 bridgehead atoms. The molecule has 2 fully saturated rings. The van der Waals surface area contributed by atoms with Gasteiger partial charge in [-0.05, 0) is 57.8 Å². The maximum atomic E-state index is 12.6. The third-order valence-electron chi connectivity index (χ3n) is 5.14. The lowest BCUT2D eigenvalue weighted by Gasteiger charge is -2.27. The molecule has 1 aliphatic carbocycles. The summed E-state index contributed by atoms with van der Waals surface area (Å²) < 4.78 is 0. The van der Waals surface area contributed by atoms with E-state index in [1.165, 1.54) is 0 Å². The molecular weight excluding hydrogens is 288 g/mol. The summed E-state index contributed by atoms with van der Waals surface area (Å²) in [5.74, 6) is 1.36. The standard InChI is InChI=1S/C18H22N4O/c1-10-7-11-5-4-6-20-15(11)16(21-10)18(2,3)22-17(23)14-12-8-19-9-13(12)14/h4-7,12-14,19H,8-9H2,1-3H3,(H,22,23)/t12-,13?,14?/m1/s1. The second-order valence-corrected chi connectivity index (χ2v) is 7.31. The summed E-state index contributed by atoms with van der Waals surface area (Å²) in [5, 5.41) is 7.60. The minimum absolute atomic E-state index is 0.152. The lowest BCUT2D eigenvalue weighted by Crippen LogP contribution is -2.44. The summed E-state index contributed by atoms with van der Waals surface area (Å²) in [7, 11) is 0. The Kier molecular flexibility index (Phi) is 3.17. The Bertz CT molecular complexity index is 776. The van der Waals surface area contributed by atoms with Gasteiger partial charge in [0, 0.05) is 23.2 Å². The van der Waals surface area contributed by atoms with Crippen molar-refractivity contribution in [3.63, 3.8) is 0 Å². The number of hydrogen-bond acceptors (Lipinski definition) is 4. The molecule has 1 amide bonds. The number of aromatic nitrogens is 2. The van der Waals surface area contributed by atoms with Crippen LogP contribution in [0.1, 0.15) is 25.2 Å². The van der Waals surface area contributed by atoms with Gasteiger partial charge in [-0.25, -0.2) is 0 Å². The molecule has 5 heteroatoms. The van der Waals surface area contributed by atoms with Crippen molar-refractivity contribution in [1.29, 1.82) is 0 Å². The van der Waals surface area contributed by atoms with Gasteiger partial charge in [0.15, 0.2) is 0 Å². The fourth-order valence-electron chi connectivity index (χ4n) is 3.91. The van der Waals surface area contributed by atoms with Crippen LogP contribution in [-0.2, 0) is 10.3 Å². The first-order chi connectivity index (χ1) is 11.0. The van der Waals surface area contributed by atoms with Crippen LogP contribution >= 0.6 is 0 Å². The second-order valence-electron chi connectivity index (χ2n) is 7.31. The Morgan fingerprint density at radius 2 is 2.09 bits per heavy atom. The van der Waals surface area contributed by atoms with Gasteiger partial charge in [-0.1, -0.05) is 6.07 Å². The molecule has 3 heterocycles. The first-order valence-corrected chi connectivity index (χ1v) is 8.23. The van der Waals surface area contributed by atoms with Crippen LogP contribution in [0, 0.1) is 24.7 Å². The number of carbonyl (C=O) groups is 1. The number of aryl methyl sites for hydroxylation is 1. The van der Waals surface area contributed by atoms with Crippen LogP contribution in [0.25, 0.3) is 10.9 Å². The molecule has 2 N–H and O–H groups in total. The Morgan fingerprint density at radius 1 is 1.35 bits per heavy atom. The molecule has 2 unspecified atom stereocenters. The van der Waals surface area contributed by atoms with Crippen LogP contribution in [0.5, 0.6) is 0 Å². The molecule has 1 aliphatic heterocycles. The van der Waals surface area contributed by atoms with Gasteiger partial charge >= 0.3 is 0 Å². The molecule has 1 saturated heterocycles. The first kappa shape index (κ1) is 14.6. The third kappa shape index (κ3) is 2.39. The summed E-state index contributed by atoms with van der Waals surface area (Å²) >= 11 is 0. The van der Waals surface area contributed by atoms with E-state index in [0.717, 1.165) is 35.4 Å². The van der Waals surface area contributed by atoms with Gasteiger partial charge in [0.1, 0.15) is 0 Å². The Hall–Kier alpha value is -2.01. The van der Waals surface area contributed by atoms with Crippen molar-refractivity contribution in [2.45, 2.75) is 26.3 Å². The van der Waals surface area contributed by atoms with E-state index < -0.39 is 5.54 Å². The van der Waals surface area contributed by atoms with Crippen molar-refractivity contribution in [1.82, 2.24) is 20.6 Å². The number of fused-ring (bicyclic) bond motifs is 2. The SMILES string of the molecule is Cc1cc2cccnc2c(C(C)(C)NC(=O)C2C3CNC[C@H]32)n1. The van der Waals surface area contributed by atoms with Crippen LogP contribution in [0.15, 0.2) is 24.4 Å². The number of piperidine rings is 1. The molecule has 0 spiro atoms. The van der Waals surface area contributed by atoms with Crippen molar-refractivity contribution in [2.24, 2.45) is 17.8 Å². The topological polar surface area (TPSA) is 66.9 Å². The van der Waals surface area contributed by atoms with E-state index in [4.69, 9.17) is 0 Å². The second kappa shape index (κ2) is 4.99. The number of amides is 1. The molecule has 23 heavy (non-hydrogen) atoms. The monoisotopic (exact) mass is 310 g/mol. The number of pyridine rings is 2. The molecule has 0 aromatic carbocycles. The molecule has 120 valence electrons. The quantitative estimate of drug-likeness (QED) is 0.906. The summed E-state index contributed by atoms with van der Waals surface area (Å²) in [6, 6.07) is 5.99. The minimum atomic E-state index is -0.542. The van der Waals surface area contributed by atoms with Crippen molar-refractivity contribution in [3.05, 3.63) is 35.8 Å². The van der Waals surface area contributed by atoms with Crippen LogP contribution in [-0.4, -0.2) is 29.0 Å². The molecule has 2 aromatic heterocycles. The summed E-state index contributed by atoms with van der Waals surface area (Å²) in [6.07, 6.45) is 1.78. The zero-order valence-electron chi connectivity index (χ0n) is 13.8. The predicted molar refractivity (Wildman–Crippen MR) is 88.8 cm³/mol. The largest absolute Gasteiger partial charge is 0.345 e. The first-order valence-electron chi connectivity index (χ1n) is 8.23. The van der Waals surface area contributed by atoms with E-state index in [-0.39, 0.29) is 11.8 Å². The van der Waals surface area contributed by atoms with Gasteiger partial charge in [0.05, 0.1) is 16.7 Å². The molecular formula is C18H22N4O.